The highest BCUT2D eigenvalue weighted by Gasteiger charge is 1.83. The number of rotatable bonds is 0. The van der Waals surface area contributed by atoms with E-state index in [-0.39, 0.29) is 16.2 Å². The summed E-state index contributed by atoms with van der Waals surface area (Å²) in [7, 11) is 1.53. The Balaban J connectivity index is 3.95. The second-order valence-electron chi connectivity index (χ2n) is 0.774. The third-order valence-electron chi connectivity index (χ3n) is 0.412. The van der Waals surface area contributed by atoms with Crippen molar-refractivity contribution in [1.29, 1.82) is 5.26 Å². The van der Waals surface area contributed by atoms with E-state index in [0.717, 1.165) is 0 Å². The molecule has 3 nitrogen and oxygen atoms in total. The number of hydrogen-bond acceptors (Lipinski definition) is 2. The van der Waals surface area contributed by atoms with Crippen molar-refractivity contribution in [2.75, 3.05) is 7.05 Å². The molecule has 0 amide bonds. The molecule has 0 heterocycles. The summed E-state index contributed by atoms with van der Waals surface area (Å²) in [6.45, 7) is 0. The van der Waals surface area contributed by atoms with Crippen LogP contribution in [0.15, 0.2) is 0 Å². The lowest BCUT2D eigenvalue weighted by Gasteiger charge is -1.78. The molecule has 0 radical (unpaired) electrons. The molecule has 0 spiro atoms. The Kier molecular flexibility index (Phi) is 3.19. The van der Waals surface area contributed by atoms with Gasteiger partial charge in [-0.3, -0.25) is 5.32 Å². The maximum atomic E-state index is 9.69. The van der Waals surface area contributed by atoms with Gasteiger partial charge >= 0.3 is 0 Å². The van der Waals surface area contributed by atoms with Gasteiger partial charge in [0.2, 0.25) is 0 Å². The lowest BCUT2D eigenvalue weighted by Crippen LogP contribution is -2.14. The van der Waals surface area contributed by atoms with Crippen molar-refractivity contribution in [3.63, 3.8) is 0 Å². The van der Waals surface area contributed by atoms with Crippen LogP contribution in [-0.4, -0.2) is 16.2 Å². The minimum atomic E-state index is 0.0972. The van der Waals surface area contributed by atoms with Crippen LogP contribution in [0.3, 0.4) is 0 Å². The zero-order chi connectivity index (χ0) is 5.70. The first-order valence-corrected chi connectivity index (χ1v) is 2.34. The van der Waals surface area contributed by atoms with E-state index in [9.17, 15) is 4.21 Å². The van der Waals surface area contributed by atoms with Crippen LogP contribution < -0.4 is 5.32 Å². The first-order valence-electron chi connectivity index (χ1n) is 1.59. The smallest absolute Gasteiger partial charge is 0.188 e. The number of nitriles is 1. The monoisotopic (exact) mass is 116 g/mol. The molecule has 0 aliphatic rings. The van der Waals surface area contributed by atoms with Gasteiger partial charge in [0.05, 0.1) is 0 Å². The van der Waals surface area contributed by atoms with Crippen molar-refractivity contribution in [3.8, 4) is 6.07 Å². The Labute approximate surface area is 45.0 Å². The Morgan fingerprint density at radius 1 is 2.00 bits per heavy atom. The highest BCUT2D eigenvalue weighted by molar-refractivity contribution is 7.67. The number of nitrogens with zero attached hydrogens (tertiary/aromatic N) is 1. The van der Waals surface area contributed by atoms with Gasteiger partial charge in [0, 0.05) is 0 Å². The molecule has 0 aromatic rings. The maximum Gasteiger partial charge on any atom is 0.188 e. The van der Waals surface area contributed by atoms with Gasteiger partial charge in [-0.05, 0) is 7.05 Å². The number of nitrogens with one attached hydrogen (secondary N) is 1. The minimum absolute atomic E-state index is 0.0972. The van der Waals surface area contributed by atoms with Crippen LogP contribution in [0.2, 0.25) is 0 Å². The Hall–Kier alpha value is -0.660. The molecule has 0 aromatic carbocycles. The van der Waals surface area contributed by atoms with Gasteiger partial charge in [-0.25, -0.2) is 4.21 Å². The fraction of sp³-hybridized carbons (Fsp3) is 0.333. The van der Waals surface area contributed by atoms with Gasteiger partial charge in [0.1, 0.15) is 17.3 Å². The van der Waals surface area contributed by atoms with Crippen molar-refractivity contribution in [2.45, 2.75) is 0 Å². The summed E-state index contributed by atoms with van der Waals surface area (Å²) in [5, 5.41) is 10.4. The molecular weight excluding hydrogens is 112 g/mol. The first-order chi connectivity index (χ1) is 3.35. The van der Waals surface area contributed by atoms with Crippen LogP contribution in [0.1, 0.15) is 0 Å². The zero-order valence-corrected chi connectivity index (χ0v) is 4.58. The normalized spacial score (nSPS) is 6.86. The molecule has 0 fully saturated rings. The predicted molar refractivity (Wildman–Crippen MR) is 27.8 cm³/mol. The average molecular weight is 116 g/mol. The molecule has 0 saturated carbocycles. The quantitative estimate of drug-likeness (QED) is 0.416. The van der Waals surface area contributed by atoms with Crippen molar-refractivity contribution in [3.05, 3.63) is 0 Å². The molecule has 0 bridgehead atoms. The van der Waals surface area contributed by atoms with Crippen molar-refractivity contribution in [1.82, 2.24) is 5.32 Å². The average Bonchev–Trinajstić information content (AvgIpc) is 1.72. The predicted octanol–water partition coefficient (Wildman–Crippen LogP) is -0.928. The van der Waals surface area contributed by atoms with Crippen molar-refractivity contribution >= 4 is 16.2 Å². The van der Waals surface area contributed by atoms with Gasteiger partial charge in [-0.2, -0.15) is 5.26 Å². The van der Waals surface area contributed by atoms with Crippen LogP contribution in [0.25, 0.3) is 0 Å². The summed E-state index contributed by atoms with van der Waals surface area (Å²) >= 11 is 0.164. The lowest BCUT2D eigenvalue weighted by atomic mass is 10.7. The third kappa shape index (κ3) is 2.09. The summed E-state index contributed by atoms with van der Waals surface area (Å²) < 4.78 is 9.69. The summed E-state index contributed by atoms with van der Waals surface area (Å²) in [5.74, 6) is 0. The molecule has 38 valence electrons. The third-order valence-corrected chi connectivity index (χ3v) is 0.874. The summed E-state index contributed by atoms with van der Waals surface area (Å²) in [6, 6.07) is 1.66. The van der Waals surface area contributed by atoms with E-state index in [2.05, 4.69) is 5.32 Å². The van der Waals surface area contributed by atoms with Gasteiger partial charge in [0.15, 0.2) is 4.99 Å². The maximum absolute atomic E-state index is 9.69. The van der Waals surface area contributed by atoms with Gasteiger partial charge in [0.25, 0.3) is 0 Å². The molecule has 0 aliphatic carbocycles. The highest BCUT2D eigenvalue weighted by atomic mass is 32.1. The minimum Gasteiger partial charge on any atom is -0.272 e. The molecule has 7 heavy (non-hydrogen) atoms. The van der Waals surface area contributed by atoms with Gasteiger partial charge < -0.3 is 0 Å². The molecule has 0 saturated heterocycles. The van der Waals surface area contributed by atoms with E-state index in [4.69, 9.17) is 5.26 Å². The fourth-order valence-electron chi connectivity index (χ4n) is 0.116. The van der Waals surface area contributed by atoms with E-state index in [1.807, 2.05) is 0 Å². The van der Waals surface area contributed by atoms with E-state index in [1.54, 1.807) is 6.07 Å². The van der Waals surface area contributed by atoms with Gasteiger partial charge in [-0.1, -0.05) is 0 Å². The molecule has 0 rings (SSSR count). The SMILES string of the molecule is CNC(C#N)=S=O. The molecule has 0 atom stereocenters. The largest absolute Gasteiger partial charge is 0.272 e. The molecule has 0 unspecified atom stereocenters. The van der Waals surface area contributed by atoms with E-state index < -0.39 is 0 Å². The van der Waals surface area contributed by atoms with Crippen LogP contribution in [0.5, 0.6) is 0 Å². The topological polar surface area (TPSA) is 52.9 Å². The van der Waals surface area contributed by atoms with Crippen LogP contribution in [0, 0.1) is 11.3 Å². The second kappa shape index (κ2) is 3.53. The lowest BCUT2D eigenvalue weighted by molar-refractivity contribution is 0.700. The van der Waals surface area contributed by atoms with E-state index in [0.29, 0.717) is 0 Å². The molecule has 1 N–H and O–H groups in total. The van der Waals surface area contributed by atoms with Crippen LogP contribution >= 0.6 is 0 Å². The zero-order valence-electron chi connectivity index (χ0n) is 3.76. The number of hydrogen-bond donors (Lipinski definition) is 1. The Morgan fingerprint density at radius 3 is 2.57 bits per heavy atom. The Morgan fingerprint density at radius 2 is 2.57 bits per heavy atom. The highest BCUT2D eigenvalue weighted by Crippen LogP contribution is 1.51. The van der Waals surface area contributed by atoms with Crippen molar-refractivity contribution in [2.24, 2.45) is 0 Å². The Bertz CT molecular complexity index is 142. The summed E-state index contributed by atoms with van der Waals surface area (Å²) in [5.41, 5.74) is 0. The molecular formula is C3H4N2OS. The summed E-state index contributed by atoms with van der Waals surface area (Å²) in [4.78, 5) is 0.0972. The fourth-order valence-corrected chi connectivity index (χ4v) is 0.237. The second-order valence-corrected chi connectivity index (χ2v) is 1.35. The van der Waals surface area contributed by atoms with E-state index in [1.165, 1.54) is 7.05 Å². The molecule has 0 aliphatic heterocycles. The van der Waals surface area contributed by atoms with Crippen LogP contribution in [0.4, 0.5) is 0 Å². The standard InChI is InChI=1S/C3H4N2OS/c1-5-3(2-4)7-6/h5H,1H3. The van der Waals surface area contributed by atoms with E-state index >= 15 is 0 Å². The summed E-state index contributed by atoms with van der Waals surface area (Å²) in [6.07, 6.45) is 0. The first kappa shape index (κ1) is 6.34. The van der Waals surface area contributed by atoms with Crippen LogP contribution in [-0.2, 0) is 11.3 Å². The molecule has 4 heteroatoms. The van der Waals surface area contributed by atoms with Gasteiger partial charge in [-0.15, -0.1) is 0 Å². The van der Waals surface area contributed by atoms with Crippen molar-refractivity contribution < 1.29 is 4.21 Å². The molecule has 0 aromatic heterocycles.